The zero-order valence-electron chi connectivity index (χ0n) is 19.9. The third-order valence-electron chi connectivity index (χ3n) is 5.74. The van der Waals surface area contributed by atoms with Crippen molar-refractivity contribution >= 4 is 34.3 Å². The lowest BCUT2D eigenvalue weighted by Crippen LogP contribution is -2.06. The molecule has 4 aromatic carbocycles. The molecule has 4 rings (SSSR count). The Kier molecular flexibility index (Phi) is 9.60. The van der Waals surface area contributed by atoms with Crippen LogP contribution in [0.1, 0.15) is 28.7 Å². The maximum absolute atomic E-state index is 9.88. The topological polar surface area (TPSA) is 38.7 Å². The SMILES string of the molecule is OCC/C(=C(\c1ccc(Cl)cc1)c1ccc(OCCOCc2ccccc2)cc1)c1ccc(Cl)cc1. The third-order valence-corrected chi connectivity index (χ3v) is 6.24. The molecule has 3 nitrogen and oxygen atoms in total. The molecule has 1 N–H and O–H groups in total. The second-order valence-corrected chi connectivity index (χ2v) is 9.12. The normalized spacial score (nSPS) is 11.8. The van der Waals surface area contributed by atoms with Crippen LogP contribution < -0.4 is 4.74 Å². The summed E-state index contributed by atoms with van der Waals surface area (Å²) in [6.07, 6.45) is 0.497. The van der Waals surface area contributed by atoms with E-state index in [-0.39, 0.29) is 6.61 Å². The molecule has 36 heavy (non-hydrogen) atoms. The highest BCUT2D eigenvalue weighted by Crippen LogP contribution is 2.36. The summed E-state index contributed by atoms with van der Waals surface area (Å²) in [5, 5.41) is 11.2. The van der Waals surface area contributed by atoms with Gasteiger partial charge in [-0.2, -0.15) is 0 Å². The fourth-order valence-corrected chi connectivity index (χ4v) is 4.26. The van der Waals surface area contributed by atoms with Gasteiger partial charge in [-0.1, -0.05) is 89.9 Å². The van der Waals surface area contributed by atoms with Gasteiger partial charge >= 0.3 is 0 Å². The van der Waals surface area contributed by atoms with E-state index < -0.39 is 0 Å². The number of aliphatic hydroxyl groups is 1. The fourth-order valence-electron chi connectivity index (χ4n) is 4.01. The van der Waals surface area contributed by atoms with E-state index in [0.717, 1.165) is 39.1 Å². The van der Waals surface area contributed by atoms with Crippen molar-refractivity contribution < 1.29 is 14.6 Å². The van der Waals surface area contributed by atoms with E-state index in [1.54, 1.807) is 0 Å². The summed E-state index contributed by atoms with van der Waals surface area (Å²) in [5.74, 6) is 0.771. The van der Waals surface area contributed by atoms with Gasteiger partial charge in [-0.3, -0.25) is 0 Å². The van der Waals surface area contributed by atoms with Crippen LogP contribution in [-0.2, 0) is 11.3 Å². The molecular weight excluding hydrogens is 491 g/mol. The number of ether oxygens (including phenoxy) is 2. The van der Waals surface area contributed by atoms with Gasteiger partial charge in [0.05, 0.1) is 13.2 Å². The molecule has 0 spiro atoms. The van der Waals surface area contributed by atoms with Gasteiger partial charge in [0.15, 0.2) is 0 Å². The standard InChI is InChI=1S/C31H28Cl2O3/c32-27-12-6-24(7-13-27)30(18-19-34)31(25-8-14-28(33)15-9-25)26-10-16-29(17-11-26)36-21-20-35-22-23-4-2-1-3-5-23/h1-17,34H,18-22H2/b31-30-. The van der Waals surface area contributed by atoms with E-state index in [2.05, 4.69) is 0 Å². The van der Waals surface area contributed by atoms with Gasteiger partial charge in [0, 0.05) is 16.7 Å². The first kappa shape index (κ1) is 26.0. The Balaban J connectivity index is 1.54. The predicted molar refractivity (Wildman–Crippen MR) is 149 cm³/mol. The van der Waals surface area contributed by atoms with Gasteiger partial charge in [0.1, 0.15) is 12.4 Å². The van der Waals surface area contributed by atoms with Crippen molar-refractivity contribution in [2.45, 2.75) is 13.0 Å². The molecule has 0 fully saturated rings. The molecule has 184 valence electrons. The van der Waals surface area contributed by atoms with Gasteiger partial charge in [-0.05, 0) is 76.2 Å². The van der Waals surface area contributed by atoms with Crippen LogP contribution in [0.4, 0.5) is 0 Å². The van der Waals surface area contributed by atoms with Gasteiger partial charge in [0.25, 0.3) is 0 Å². The molecular formula is C31H28Cl2O3. The number of halogens is 2. The van der Waals surface area contributed by atoms with E-state index in [1.807, 2.05) is 103 Å². The summed E-state index contributed by atoms with van der Waals surface area (Å²) in [6.45, 7) is 1.56. The highest BCUT2D eigenvalue weighted by molar-refractivity contribution is 6.31. The molecule has 4 aromatic rings. The summed E-state index contributed by atoms with van der Waals surface area (Å²) in [7, 11) is 0. The number of aliphatic hydroxyl groups excluding tert-OH is 1. The highest BCUT2D eigenvalue weighted by Gasteiger charge is 2.14. The van der Waals surface area contributed by atoms with Crippen LogP contribution in [0.25, 0.3) is 11.1 Å². The Morgan fingerprint density at radius 3 is 1.78 bits per heavy atom. The second-order valence-electron chi connectivity index (χ2n) is 8.25. The van der Waals surface area contributed by atoms with Gasteiger partial charge in [-0.25, -0.2) is 0 Å². The molecule has 0 bridgehead atoms. The van der Waals surface area contributed by atoms with Crippen molar-refractivity contribution in [1.29, 1.82) is 0 Å². The van der Waals surface area contributed by atoms with E-state index in [0.29, 0.717) is 36.3 Å². The van der Waals surface area contributed by atoms with Crippen LogP contribution in [-0.4, -0.2) is 24.9 Å². The van der Waals surface area contributed by atoms with Gasteiger partial charge in [0.2, 0.25) is 0 Å². The lowest BCUT2D eigenvalue weighted by atomic mass is 9.88. The van der Waals surface area contributed by atoms with Crippen molar-refractivity contribution in [1.82, 2.24) is 0 Å². The monoisotopic (exact) mass is 518 g/mol. The Morgan fingerprint density at radius 2 is 1.19 bits per heavy atom. The Labute approximate surface area is 222 Å². The number of rotatable bonds is 11. The Bertz CT molecular complexity index is 1250. The number of hydrogen-bond acceptors (Lipinski definition) is 3. The Morgan fingerprint density at radius 1 is 0.639 bits per heavy atom. The maximum Gasteiger partial charge on any atom is 0.119 e. The molecule has 5 heteroatoms. The molecule has 0 amide bonds. The quantitative estimate of drug-likeness (QED) is 0.162. The van der Waals surface area contributed by atoms with E-state index in [1.165, 1.54) is 0 Å². The van der Waals surface area contributed by atoms with E-state index >= 15 is 0 Å². The molecule has 0 saturated carbocycles. The van der Waals surface area contributed by atoms with Crippen LogP contribution in [0.2, 0.25) is 10.0 Å². The summed E-state index contributed by atoms with van der Waals surface area (Å²) < 4.78 is 11.6. The molecule has 0 atom stereocenters. The van der Waals surface area contributed by atoms with Crippen molar-refractivity contribution in [3.8, 4) is 5.75 Å². The molecule has 0 heterocycles. The largest absolute Gasteiger partial charge is 0.491 e. The first-order valence-electron chi connectivity index (χ1n) is 11.8. The number of hydrogen-bond donors (Lipinski definition) is 1. The third kappa shape index (κ3) is 7.22. The summed E-state index contributed by atoms with van der Waals surface area (Å²) in [4.78, 5) is 0. The minimum atomic E-state index is 0.0270. The summed E-state index contributed by atoms with van der Waals surface area (Å²) in [5.41, 5.74) is 6.24. The zero-order chi connectivity index (χ0) is 25.2. The Hall–Kier alpha value is -3.08. The van der Waals surface area contributed by atoms with Crippen LogP contribution in [0.5, 0.6) is 5.75 Å². The van der Waals surface area contributed by atoms with Crippen LogP contribution in [0, 0.1) is 0 Å². The highest BCUT2D eigenvalue weighted by atomic mass is 35.5. The second kappa shape index (κ2) is 13.3. The van der Waals surface area contributed by atoms with Crippen LogP contribution in [0.15, 0.2) is 103 Å². The zero-order valence-corrected chi connectivity index (χ0v) is 21.4. The lowest BCUT2D eigenvalue weighted by molar-refractivity contribution is 0.0889. The molecule has 0 aliphatic carbocycles. The minimum absolute atomic E-state index is 0.0270. The van der Waals surface area contributed by atoms with Gasteiger partial charge < -0.3 is 14.6 Å². The van der Waals surface area contributed by atoms with Crippen molar-refractivity contribution in [3.63, 3.8) is 0 Å². The van der Waals surface area contributed by atoms with Gasteiger partial charge in [-0.15, -0.1) is 0 Å². The van der Waals surface area contributed by atoms with Crippen LogP contribution in [0.3, 0.4) is 0 Å². The molecule has 0 aliphatic rings. The minimum Gasteiger partial charge on any atom is -0.491 e. The fraction of sp³-hybridized carbons (Fsp3) is 0.161. The molecule has 0 radical (unpaired) electrons. The van der Waals surface area contributed by atoms with Crippen molar-refractivity contribution in [2.24, 2.45) is 0 Å². The summed E-state index contributed by atoms with van der Waals surface area (Å²) in [6, 6.07) is 33.5. The molecule has 0 unspecified atom stereocenters. The molecule has 0 aromatic heterocycles. The maximum atomic E-state index is 9.88. The molecule has 0 saturated heterocycles. The van der Waals surface area contributed by atoms with Crippen molar-refractivity contribution in [3.05, 3.63) is 135 Å². The number of benzene rings is 4. The summed E-state index contributed by atoms with van der Waals surface area (Å²) >= 11 is 12.3. The first-order valence-corrected chi connectivity index (χ1v) is 12.6. The predicted octanol–water partition coefficient (Wildman–Crippen LogP) is 7.93. The van der Waals surface area contributed by atoms with E-state index in [9.17, 15) is 5.11 Å². The smallest absolute Gasteiger partial charge is 0.119 e. The van der Waals surface area contributed by atoms with Crippen molar-refractivity contribution in [2.75, 3.05) is 19.8 Å². The average molecular weight is 519 g/mol. The molecule has 0 aliphatic heterocycles. The lowest BCUT2D eigenvalue weighted by Gasteiger charge is -2.17. The average Bonchev–Trinajstić information content (AvgIpc) is 2.91. The van der Waals surface area contributed by atoms with E-state index in [4.69, 9.17) is 32.7 Å². The van der Waals surface area contributed by atoms with Crippen LogP contribution >= 0.6 is 23.2 Å². The first-order chi connectivity index (χ1) is 17.6.